The second-order valence-corrected chi connectivity index (χ2v) is 10.8. The standard InChI is InChI=1S/C32H36N4O5/c1-18-27(34-20(3)29(18)32(40)33-17-28(37)22-11-13-41-14-12-22)16-25-24-15-23(9-10-26(24)36-31(25)39)30(38)35-19(2)21-7-5-4-6-8-21/h4-10,15-16,19,22,28,34,37H,11-14,17H2,1-3H3,(H,33,40)(H,35,38)(H,36,39)/b25-16-. The van der Waals surface area contributed by atoms with Gasteiger partial charge in [-0.3, -0.25) is 14.4 Å². The van der Waals surface area contributed by atoms with E-state index in [0.717, 1.165) is 18.4 Å². The number of aliphatic hydroxyl groups is 1. The third-order valence-electron chi connectivity index (χ3n) is 7.99. The number of carbonyl (C=O) groups is 3. The zero-order valence-electron chi connectivity index (χ0n) is 23.5. The average Bonchev–Trinajstić information content (AvgIpc) is 3.45. The molecule has 0 aliphatic carbocycles. The molecule has 9 heteroatoms. The summed E-state index contributed by atoms with van der Waals surface area (Å²) in [6.07, 6.45) is 2.63. The van der Waals surface area contributed by atoms with Crippen molar-refractivity contribution in [1.82, 2.24) is 15.6 Å². The number of aryl methyl sites for hydroxylation is 1. The Kier molecular flexibility index (Phi) is 8.37. The zero-order valence-corrected chi connectivity index (χ0v) is 23.5. The maximum absolute atomic E-state index is 13.1. The Morgan fingerprint density at radius 1 is 1.10 bits per heavy atom. The molecule has 0 radical (unpaired) electrons. The largest absolute Gasteiger partial charge is 0.391 e. The molecule has 1 fully saturated rings. The highest BCUT2D eigenvalue weighted by Crippen LogP contribution is 2.35. The number of anilines is 1. The summed E-state index contributed by atoms with van der Waals surface area (Å²) in [6, 6.07) is 14.7. The normalized spacial score (nSPS) is 17.6. The molecule has 1 saturated heterocycles. The van der Waals surface area contributed by atoms with Crippen LogP contribution in [0.1, 0.15) is 74.6 Å². The maximum atomic E-state index is 13.1. The molecule has 3 amide bonds. The number of rotatable bonds is 8. The Morgan fingerprint density at radius 3 is 2.56 bits per heavy atom. The summed E-state index contributed by atoms with van der Waals surface area (Å²) < 4.78 is 5.36. The molecule has 5 N–H and O–H groups in total. The first-order chi connectivity index (χ1) is 19.7. The number of hydrogen-bond acceptors (Lipinski definition) is 5. The molecule has 2 aliphatic heterocycles. The van der Waals surface area contributed by atoms with E-state index in [0.29, 0.717) is 58.1 Å². The van der Waals surface area contributed by atoms with E-state index in [9.17, 15) is 19.5 Å². The molecule has 3 heterocycles. The molecule has 41 heavy (non-hydrogen) atoms. The van der Waals surface area contributed by atoms with Crippen molar-refractivity contribution in [3.05, 3.63) is 87.7 Å². The van der Waals surface area contributed by atoms with Crippen molar-refractivity contribution < 1.29 is 24.2 Å². The van der Waals surface area contributed by atoms with Gasteiger partial charge in [-0.1, -0.05) is 30.3 Å². The molecule has 2 unspecified atom stereocenters. The van der Waals surface area contributed by atoms with E-state index < -0.39 is 6.10 Å². The topological polar surface area (TPSA) is 133 Å². The molecular weight excluding hydrogens is 520 g/mol. The number of aromatic nitrogens is 1. The van der Waals surface area contributed by atoms with E-state index >= 15 is 0 Å². The van der Waals surface area contributed by atoms with Crippen molar-refractivity contribution in [3.63, 3.8) is 0 Å². The summed E-state index contributed by atoms with van der Waals surface area (Å²) >= 11 is 0. The van der Waals surface area contributed by atoms with E-state index in [1.807, 2.05) is 44.2 Å². The van der Waals surface area contributed by atoms with Gasteiger partial charge in [0.25, 0.3) is 17.7 Å². The van der Waals surface area contributed by atoms with E-state index in [-0.39, 0.29) is 36.2 Å². The molecule has 0 bridgehead atoms. The summed E-state index contributed by atoms with van der Waals surface area (Å²) in [6.45, 7) is 6.96. The van der Waals surface area contributed by atoms with Crippen molar-refractivity contribution in [2.24, 2.45) is 5.92 Å². The fourth-order valence-electron chi connectivity index (χ4n) is 5.53. The highest BCUT2D eigenvalue weighted by Gasteiger charge is 2.28. The minimum atomic E-state index is -0.634. The lowest BCUT2D eigenvalue weighted by atomic mass is 9.94. The van der Waals surface area contributed by atoms with Gasteiger partial charge in [0, 0.05) is 48.0 Å². The van der Waals surface area contributed by atoms with Crippen LogP contribution in [0.2, 0.25) is 0 Å². The number of nitrogens with one attached hydrogen (secondary N) is 4. The van der Waals surface area contributed by atoms with Crippen LogP contribution in [-0.2, 0) is 9.53 Å². The minimum absolute atomic E-state index is 0.104. The van der Waals surface area contributed by atoms with Gasteiger partial charge in [0.15, 0.2) is 0 Å². The molecule has 5 rings (SSSR count). The first-order valence-corrected chi connectivity index (χ1v) is 14.0. The van der Waals surface area contributed by atoms with Crippen molar-refractivity contribution >= 4 is 35.1 Å². The lowest BCUT2D eigenvalue weighted by molar-refractivity contribution is -0.110. The summed E-state index contributed by atoms with van der Waals surface area (Å²) in [5.41, 5.74) is 5.54. The minimum Gasteiger partial charge on any atom is -0.391 e. The lowest BCUT2D eigenvalue weighted by Crippen LogP contribution is -2.38. The van der Waals surface area contributed by atoms with Gasteiger partial charge in [-0.05, 0) is 74.9 Å². The van der Waals surface area contributed by atoms with Crippen LogP contribution < -0.4 is 16.0 Å². The van der Waals surface area contributed by atoms with Gasteiger partial charge in [0.2, 0.25) is 0 Å². The first-order valence-electron chi connectivity index (χ1n) is 14.0. The summed E-state index contributed by atoms with van der Waals surface area (Å²) in [4.78, 5) is 42.3. The molecule has 2 atom stereocenters. The number of H-pyrrole nitrogens is 1. The van der Waals surface area contributed by atoms with Crippen LogP contribution in [0.3, 0.4) is 0 Å². The van der Waals surface area contributed by atoms with Crippen LogP contribution >= 0.6 is 0 Å². The number of hydrogen-bond donors (Lipinski definition) is 5. The van der Waals surface area contributed by atoms with Gasteiger partial charge < -0.3 is 30.8 Å². The van der Waals surface area contributed by atoms with Crippen LogP contribution in [0.5, 0.6) is 0 Å². The second-order valence-electron chi connectivity index (χ2n) is 10.8. The van der Waals surface area contributed by atoms with Gasteiger partial charge >= 0.3 is 0 Å². The van der Waals surface area contributed by atoms with E-state index in [4.69, 9.17) is 4.74 Å². The van der Waals surface area contributed by atoms with Crippen LogP contribution in [0.4, 0.5) is 5.69 Å². The van der Waals surface area contributed by atoms with Crippen LogP contribution in [-0.4, -0.2) is 53.7 Å². The van der Waals surface area contributed by atoms with Crippen molar-refractivity contribution in [3.8, 4) is 0 Å². The number of amides is 3. The quantitative estimate of drug-likeness (QED) is 0.266. The zero-order chi connectivity index (χ0) is 29.1. The molecule has 0 spiro atoms. The molecule has 2 aromatic carbocycles. The van der Waals surface area contributed by atoms with Crippen molar-refractivity contribution in [2.45, 2.75) is 45.8 Å². The third kappa shape index (κ3) is 6.11. The van der Waals surface area contributed by atoms with E-state index in [2.05, 4.69) is 20.9 Å². The van der Waals surface area contributed by atoms with E-state index in [1.54, 1.807) is 31.2 Å². The second kappa shape index (κ2) is 12.1. The van der Waals surface area contributed by atoms with E-state index in [1.165, 1.54) is 0 Å². The summed E-state index contributed by atoms with van der Waals surface area (Å²) in [5.74, 6) is -0.703. The number of fused-ring (bicyclic) bond motifs is 1. The highest BCUT2D eigenvalue weighted by molar-refractivity contribution is 6.35. The number of ether oxygens (including phenoxy) is 1. The van der Waals surface area contributed by atoms with Crippen molar-refractivity contribution in [2.75, 3.05) is 25.1 Å². The van der Waals surface area contributed by atoms with Crippen molar-refractivity contribution in [1.29, 1.82) is 0 Å². The monoisotopic (exact) mass is 556 g/mol. The predicted octanol–water partition coefficient (Wildman–Crippen LogP) is 4.13. The molecule has 0 saturated carbocycles. The Labute approximate surface area is 239 Å². The molecule has 2 aliphatic rings. The highest BCUT2D eigenvalue weighted by atomic mass is 16.5. The van der Waals surface area contributed by atoms with Gasteiger partial charge in [0.05, 0.1) is 23.3 Å². The predicted molar refractivity (Wildman–Crippen MR) is 157 cm³/mol. The molecule has 9 nitrogen and oxygen atoms in total. The summed E-state index contributed by atoms with van der Waals surface area (Å²) in [7, 11) is 0. The Hall–Kier alpha value is -4.21. The lowest BCUT2D eigenvalue weighted by Gasteiger charge is -2.26. The van der Waals surface area contributed by atoms with Crippen LogP contribution in [0.25, 0.3) is 11.6 Å². The van der Waals surface area contributed by atoms with Gasteiger partial charge in [-0.15, -0.1) is 0 Å². The van der Waals surface area contributed by atoms with Crippen LogP contribution in [0.15, 0.2) is 48.5 Å². The third-order valence-corrected chi connectivity index (χ3v) is 7.99. The van der Waals surface area contributed by atoms with Gasteiger partial charge in [0.1, 0.15) is 0 Å². The number of aromatic amines is 1. The first kappa shape index (κ1) is 28.3. The molecule has 1 aromatic heterocycles. The number of aliphatic hydroxyl groups excluding tert-OH is 1. The number of carbonyl (C=O) groups excluding carboxylic acids is 3. The smallest absolute Gasteiger partial charge is 0.256 e. The maximum Gasteiger partial charge on any atom is 0.256 e. The Morgan fingerprint density at radius 2 is 1.83 bits per heavy atom. The summed E-state index contributed by atoms with van der Waals surface area (Å²) in [5, 5.41) is 19.3. The Bertz CT molecular complexity index is 1490. The Balaban J connectivity index is 1.33. The average molecular weight is 557 g/mol. The fraction of sp³-hybridized carbons (Fsp3) is 0.344. The molecular formula is C32H36N4O5. The molecule has 214 valence electrons. The fourth-order valence-corrected chi connectivity index (χ4v) is 5.53. The van der Waals surface area contributed by atoms with Gasteiger partial charge in [-0.25, -0.2) is 0 Å². The van der Waals surface area contributed by atoms with Gasteiger partial charge in [-0.2, -0.15) is 0 Å². The molecule has 3 aromatic rings. The van der Waals surface area contributed by atoms with Crippen LogP contribution in [0, 0.1) is 19.8 Å². The number of benzene rings is 2. The SMILES string of the molecule is Cc1[nH]c(/C=C2\C(=O)Nc3ccc(C(=O)NC(C)c4ccccc4)cc32)c(C)c1C(=O)NCC(O)C1CCOCC1.